The molecule has 0 radical (unpaired) electrons. The van der Waals surface area contributed by atoms with E-state index < -0.39 is 4.92 Å². The number of rotatable bonds is 7. The molecule has 0 aliphatic rings. The molecule has 0 unspecified atom stereocenters. The SMILES string of the molecule is O=C(CCCc1ccc([N+](=O)[O-])cc1)NCc1ccccc1. The molecule has 5 heteroatoms. The Morgan fingerprint density at radius 3 is 2.32 bits per heavy atom. The number of nitro benzene ring substituents is 1. The number of hydrogen-bond acceptors (Lipinski definition) is 3. The molecule has 5 nitrogen and oxygen atoms in total. The first-order valence-corrected chi connectivity index (χ1v) is 7.19. The molecule has 0 saturated carbocycles. The Balaban J connectivity index is 1.69. The summed E-state index contributed by atoms with van der Waals surface area (Å²) in [6.07, 6.45) is 1.90. The maximum atomic E-state index is 11.7. The maximum absolute atomic E-state index is 11.7. The Kier molecular flexibility index (Phi) is 5.65. The third-order valence-electron chi connectivity index (χ3n) is 3.35. The summed E-state index contributed by atoms with van der Waals surface area (Å²) in [5.74, 6) is 0.0192. The number of nitrogens with one attached hydrogen (secondary N) is 1. The first kappa shape index (κ1) is 15.7. The fraction of sp³-hybridized carbons (Fsp3) is 0.235. The van der Waals surface area contributed by atoms with Gasteiger partial charge >= 0.3 is 0 Å². The molecule has 22 heavy (non-hydrogen) atoms. The van der Waals surface area contributed by atoms with Crippen LogP contribution in [0.5, 0.6) is 0 Å². The number of hydrogen-bond donors (Lipinski definition) is 1. The van der Waals surface area contributed by atoms with E-state index in [4.69, 9.17) is 0 Å². The molecule has 0 bridgehead atoms. The number of nitro groups is 1. The molecule has 2 aromatic carbocycles. The average molecular weight is 298 g/mol. The molecule has 2 aromatic rings. The summed E-state index contributed by atoms with van der Waals surface area (Å²) in [5.41, 5.74) is 2.16. The number of aryl methyl sites for hydroxylation is 1. The van der Waals surface area contributed by atoms with Crippen LogP contribution in [0.25, 0.3) is 0 Å². The summed E-state index contributed by atoms with van der Waals surface area (Å²) in [6.45, 7) is 0.539. The molecule has 1 N–H and O–H groups in total. The predicted molar refractivity (Wildman–Crippen MR) is 84.3 cm³/mol. The second-order valence-corrected chi connectivity index (χ2v) is 5.04. The Morgan fingerprint density at radius 2 is 1.68 bits per heavy atom. The van der Waals surface area contributed by atoms with Crippen LogP contribution < -0.4 is 5.32 Å². The van der Waals surface area contributed by atoms with Crippen LogP contribution in [0.3, 0.4) is 0 Å². The zero-order valence-corrected chi connectivity index (χ0v) is 12.2. The van der Waals surface area contributed by atoms with E-state index >= 15 is 0 Å². The van der Waals surface area contributed by atoms with Gasteiger partial charge in [0.05, 0.1) is 4.92 Å². The minimum absolute atomic E-state index is 0.0192. The van der Waals surface area contributed by atoms with Gasteiger partial charge in [0.25, 0.3) is 5.69 Å². The number of nitrogens with zero attached hydrogens (tertiary/aromatic N) is 1. The molecule has 114 valence electrons. The van der Waals surface area contributed by atoms with Crippen molar-refractivity contribution in [3.63, 3.8) is 0 Å². The predicted octanol–water partition coefficient (Wildman–Crippen LogP) is 3.23. The average Bonchev–Trinajstić information content (AvgIpc) is 2.54. The van der Waals surface area contributed by atoms with Crippen molar-refractivity contribution in [2.45, 2.75) is 25.8 Å². The van der Waals surface area contributed by atoms with E-state index in [0.29, 0.717) is 13.0 Å². The summed E-state index contributed by atoms with van der Waals surface area (Å²) < 4.78 is 0. The van der Waals surface area contributed by atoms with Crippen molar-refractivity contribution in [2.24, 2.45) is 0 Å². The van der Waals surface area contributed by atoms with Crippen LogP contribution in [0.15, 0.2) is 54.6 Å². The van der Waals surface area contributed by atoms with Gasteiger partial charge < -0.3 is 5.32 Å². The van der Waals surface area contributed by atoms with Crippen molar-refractivity contribution in [1.29, 1.82) is 0 Å². The Labute approximate surface area is 129 Å². The Morgan fingerprint density at radius 1 is 1.00 bits per heavy atom. The summed E-state index contributed by atoms with van der Waals surface area (Å²) in [5, 5.41) is 13.4. The molecule has 0 saturated heterocycles. The van der Waals surface area contributed by atoms with E-state index in [1.54, 1.807) is 12.1 Å². The van der Waals surface area contributed by atoms with E-state index in [1.165, 1.54) is 12.1 Å². The van der Waals surface area contributed by atoms with E-state index in [0.717, 1.165) is 24.0 Å². The van der Waals surface area contributed by atoms with Gasteiger partial charge in [0.15, 0.2) is 0 Å². The van der Waals surface area contributed by atoms with Crippen molar-refractivity contribution in [3.8, 4) is 0 Å². The first-order chi connectivity index (χ1) is 10.6. The smallest absolute Gasteiger partial charge is 0.269 e. The van der Waals surface area contributed by atoms with Crippen molar-refractivity contribution in [2.75, 3.05) is 0 Å². The lowest BCUT2D eigenvalue weighted by Gasteiger charge is -2.05. The fourth-order valence-electron chi connectivity index (χ4n) is 2.12. The largest absolute Gasteiger partial charge is 0.352 e. The normalized spacial score (nSPS) is 10.2. The molecule has 0 fully saturated rings. The molecule has 0 atom stereocenters. The highest BCUT2D eigenvalue weighted by atomic mass is 16.6. The van der Waals surface area contributed by atoms with E-state index in [2.05, 4.69) is 5.32 Å². The second-order valence-electron chi connectivity index (χ2n) is 5.04. The van der Waals surface area contributed by atoms with Crippen LogP contribution in [0.4, 0.5) is 5.69 Å². The lowest BCUT2D eigenvalue weighted by molar-refractivity contribution is -0.384. The first-order valence-electron chi connectivity index (χ1n) is 7.19. The summed E-state index contributed by atoms with van der Waals surface area (Å²) in [7, 11) is 0. The number of carbonyl (C=O) groups is 1. The van der Waals surface area contributed by atoms with Gasteiger partial charge in [-0.3, -0.25) is 14.9 Å². The Hall–Kier alpha value is -2.69. The third kappa shape index (κ3) is 5.01. The number of carbonyl (C=O) groups excluding carboxylic acids is 1. The topological polar surface area (TPSA) is 72.2 Å². The van der Waals surface area contributed by atoms with E-state index in [1.807, 2.05) is 30.3 Å². The van der Waals surface area contributed by atoms with Crippen LogP contribution >= 0.6 is 0 Å². The van der Waals surface area contributed by atoms with Gasteiger partial charge in [-0.1, -0.05) is 42.5 Å². The van der Waals surface area contributed by atoms with Crippen LogP contribution in [-0.4, -0.2) is 10.8 Å². The number of non-ortho nitro benzene ring substituents is 1. The van der Waals surface area contributed by atoms with E-state index in [9.17, 15) is 14.9 Å². The van der Waals surface area contributed by atoms with Crippen molar-refractivity contribution < 1.29 is 9.72 Å². The molecule has 0 spiro atoms. The van der Waals surface area contributed by atoms with Crippen LogP contribution in [0.1, 0.15) is 24.0 Å². The van der Waals surface area contributed by atoms with Crippen LogP contribution in [0.2, 0.25) is 0 Å². The van der Waals surface area contributed by atoms with Crippen molar-refractivity contribution >= 4 is 11.6 Å². The number of amides is 1. The van der Waals surface area contributed by atoms with Gasteiger partial charge in [-0.25, -0.2) is 0 Å². The summed E-state index contributed by atoms with van der Waals surface area (Å²) in [6, 6.07) is 16.2. The van der Waals surface area contributed by atoms with Gasteiger partial charge in [0.1, 0.15) is 0 Å². The standard InChI is InChI=1S/C17H18N2O3/c20-17(18-13-15-5-2-1-3-6-15)8-4-7-14-9-11-16(12-10-14)19(21)22/h1-3,5-6,9-12H,4,7-8,13H2,(H,18,20). The molecule has 1 amide bonds. The van der Waals surface area contributed by atoms with Gasteiger partial charge in [0.2, 0.25) is 5.91 Å². The molecule has 0 aromatic heterocycles. The van der Waals surface area contributed by atoms with Crippen LogP contribution in [0, 0.1) is 10.1 Å². The molecule has 0 aliphatic carbocycles. The molecule has 2 rings (SSSR count). The molecular formula is C17H18N2O3. The van der Waals surface area contributed by atoms with Crippen LogP contribution in [-0.2, 0) is 17.8 Å². The minimum atomic E-state index is -0.416. The highest BCUT2D eigenvalue weighted by Crippen LogP contribution is 2.13. The molecular weight excluding hydrogens is 280 g/mol. The van der Waals surface area contributed by atoms with Gasteiger partial charge in [-0.15, -0.1) is 0 Å². The lowest BCUT2D eigenvalue weighted by atomic mass is 10.1. The monoisotopic (exact) mass is 298 g/mol. The summed E-state index contributed by atoms with van der Waals surface area (Å²) >= 11 is 0. The molecule has 0 heterocycles. The Bertz CT molecular complexity index is 624. The maximum Gasteiger partial charge on any atom is 0.269 e. The molecule has 0 aliphatic heterocycles. The zero-order valence-electron chi connectivity index (χ0n) is 12.2. The summed E-state index contributed by atoms with van der Waals surface area (Å²) in [4.78, 5) is 21.9. The fourth-order valence-corrected chi connectivity index (χ4v) is 2.12. The minimum Gasteiger partial charge on any atom is -0.352 e. The highest BCUT2D eigenvalue weighted by molar-refractivity contribution is 5.75. The van der Waals surface area contributed by atoms with E-state index in [-0.39, 0.29) is 11.6 Å². The zero-order chi connectivity index (χ0) is 15.8. The third-order valence-corrected chi connectivity index (χ3v) is 3.35. The quantitative estimate of drug-likeness (QED) is 0.630. The van der Waals surface area contributed by atoms with Crippen molar-refractivity contribution in [3.05, 3.63) is 75.8 Å². The van der Waals surface area contributed by atoms with Crippen molar-refractivity contribution in [1.82, 2.24) is 5.32 Å². The number of benzene rings is 2. The second kappa shape index (κ2) is 7.93. The highest BCUT2D eigenvalue weighted by Gasteiger charge is 2.05. The van der Waals surface area contributed by atoms with Gasteiger partial charge in [0, 0.05) is 25.1 Å². The lowest BCUT2D eigenvalue weighted by Crippen LogP contribution is -2.22. The van der Waals surface area contributed by atoms with Gasteiger partial charge in [-0.2, -0.15) is 0 Å². The van der Waals surface area contributed by atoms with Gasteiger partial charge in [-0.05, 0) is 24.0 Å².